The maximum atomic E-state index is 12.5. The zero-order valence-corrected chi connectivity index (χ0v) is 8.46. The third-order valence-corrected chi connectivity index (χ3v) is 1.95. The predicted octanol–water partition coefficient (Wildman–Crippen LogP) is 1.95. The number of nitrogens with one attached hydrogen (secondary N) is 2. The molecule has 0 amide bonds. The second-order valence-corrected chi connectivity index (χ2v) is 3.25. The van der Waals surface area contributed by atoms with Gasteiger partial charge in [-0.15, -0.1) is 0 Å². The van der Waals surface area contributed by atoms with Crippen LogP contribution in [0.3, 0.4) is 0 Å². The highest BCUT2D eigenvalue weighted by molar-refractivity contribution is 6.13. The summed E-state index contributed by atoms with van der Waals surface area (Å²) >= 11 is 5.10. The van der Waals surface area contributed by atoms with Gasteiger partial charge in [-0.3, -0.25) is 4.79 Å². The van der Waals surface area contributed by atoms with E-state index in [0.29, 0.717) is 0 Å². The molecule has 0 unspecified atom stereocenters. The third kappa shape index (κ3) is 2.73. The van der Waals surface area contributed by atoms with Crippen LogP contribution in [0.5, 0.6) is 0 Å². The minimum Gasteiger partial charge on any atom is -0.326 e. The standard InChI is InChI=1S/C8H8ClF3N2O/c1-4-2-6(8(10,11)12)5(3-13-9)7(15)14-4/h2,13H,3H2,1H3,(H,14,15). The quantitative estimate of drug-likeness (QED) is 0.776. The van der Waals surface area contributed by atoms with Crippen molar-refractivity contribution >= 4 is 11.8 Å². The molecule has 0 atom stereocenters. The molecule has 0 spiro atoms. The number of halogens is 4. The maximum Gasteiger partial charge on any atom is 0.416 e. The summed E-state index contributed by atoms with van der Waals surface area (Å²) < 4.78 is 37.5. The molecule has 1 aromatic rings. The molecule has 1 aromatic heterocycles. The van der Waals surface area contributed by atoms with Gasteiger partial charge in [0.2, 0.25) is 0 Å². The van der Waals surface area contributed by atoms with E-state index in [1.807, 2.05) is 4.84 Å². The molecule has 0 aliphatic heterocycles. The number of hydrogen-bond acceptors (Lipinski definition) is 2. The average Bonchev–Trinajstić information content (AvgIpc) is 2.07. The van der Waals surface area contributed by atoms with Crippen LogP contribution < -0.4 is 10.4 Å². The first-order valence-corrected chi connectivity index (χ1v) is 4.37. The average molecular weight is 241 g/mol. The van der Waals surface area contributed by atoms with Crippen molar-refractivity contribution in [1.29, 1.82) is 0 Å². The molecular formula is C8H8ClF3N2O. The van der Waals surface area contributed by atoms with E-state index in [0.717, 1.165) is 6.07 Å². The van der Waals surface area contributed by atoms with E-state index in [-0.39, 0.29) is 12.2 Å². The molecule has 0 saturated heterocycles. The number of H-pyrrole nitrogens is 1. The van der Waals surface area contributed by atoms with Crippen LogP contribution in [-0.2, 0) is 12.7 Å². The summed E-state index contributed by atoms with van der Waals surface area (Å²) in [6, 6.07) is 0.880. The number of aromatic amines is 1. The van der Waals surface area contributed by atoms with E-state index in [1.54, 1.807) is 0 Å². The lowest BCUT2D eigenvalue weighted by Crippen LogP contribution is -2.24. The van der Waals surface area contributed by atoms with Crippen LogP contribution in [0.25, 0.3) is 0 Å². The smallest absolute Gasteiger partial charge is 0.326 e. The Morgan fingerprint density at radius 2 is 2.13 bits per heavy atom. The summed E-state index contributed by atoms with van der Waals surface area (Å²) in [5.41, 5.74) is -2.00. The first-order valence-electron chi connectivity index (χ1n) is 3.99. The molecule has 84 valence electrons. The number of aromatic nitrogens is 1. The molecule has 7 heteroatoms. The third-order valence-electron chi connectivity index (χ3n) is 1.82. The van der Waals surface area contributed by atoms with Gasteiger partial charge in [-0.1, -0.05) is 0 Å². The Morgan fingerprint density at radius 3 is 2.60 bits per heavy atom. The second kappa shape index (κ2) is 4.24. The normalized spacial score (nSPS) is 11.8. The fourth-order valence-electron chi connectivity index (χ4n) is 1.21. The molecule has 15 heavy (non-hydrogen) atoms. The lowest BCUT2D eigenvalue weighted by Gasteiger charge is -2.11. The SMILES string of the molecule is Cc1cc(C(F)(F)F)c(CNCl)c(=O)[nH]1. The van der Waals surface area contributed by atoms with E-state index < -0.39 is 22.9 Å². The highest BCUT2D eigenvalue weighted by Crippen LogP contribution is 2.30. The summed E-state index contributed by atoms with van der Waals surface area (Å²) in [7, 11) is 0. The van der Waals surface area contributed by atoms with Crippen molar-refractivity contribution in [3.8, 4) is 0 Å². The molecule has 2 N–H and O–H groups in total. The highest BCUT2D eigenvalue weighted by Gasteiger charge is 2.34. The summed E-state index contributed by atoms with van der Waals surface area (Å²) in [6.45, 7) is 1.04. The fourth-order valence-corrected chi connectivity index (χ4v) is 1.35. The van der Waals surface area contributed by atoms with Gasteiger partial charge in [-0.2, -0.15) is 13.2 Å². The second-order valence-electron chi connectivity index (χ2n) is 2.98. The highest BCUT2D eigenvalue weighted by atomic mass is 35.5. The summed E-state index contributed by atoms with van der Waals surface area (Å²) in [5.74, 6) is 0. The molecule has 3 nitrogen and oxygen atoms in total. The van der Waals surface area contributed by atoms with Crippen LogP contribution in [0.15, 0.2) is 10.9 Å². The van der Waals surface area contributed by atoms with Crippen molar-refractivity contribution in [2.75, 3.05) is 0 Å². The Kier molecular flexibility index (Phi) is 3.41. The van der Waals surface area contributed by atoms with Gasteiger partial charge in [-0.05, 0) is 24.8 Å². The van der Waals surface area contributed by atoms with Gasteiger partial charge in [-0.25, -0.2) is 4.84 Å². The van der Waals surface area contributed by atoms with Crippen LogP contribution in [0.2, 0.25) is 0 Å². The van der Waals surface area contributed by atoms with E-state index in [2.05, 4.69) is 4.98 Å². The number of rotatable bonds is 2. The van der Waals surface area contributed by atoms with Crippen LogP contribution in [0, 0.1) is 6.92 Å². The fraction of sp³-hybridized carbons (Fsp3) is 0.375. The molecule has 0 radical (unpaired) electrons. The van der Waals surface area contributed by atoms with Crippen LogP contribution in [0.1, 0.15) is 16.8 Å². The summed E-state index contributed by atoms with van der Waals surface area (Å²) in [6.07, 6.45) is -4.55. The number of aryl methyl sites for hydroxylation is 1. The number of hydrogen-bond donors (Lipinski definition) is 2. The van der Waals surface area contributed by atoms with Gasteiger partial charge in [0.15, 0.2) is 0 Å². The molecule has 0 aliphatic rings. The van der Waals surface area contributed by atoms with Crippen LogP contribution >= 0.6 is 11.8 Å². The molecule has 0 bridgehead atoms. The van der Waals surface area contributed by atoms with E-state index in [9.17, 15) is 18.0 Å². The Hall–Kier alpha value is -1.01. The number of alkyl halides is 3. The van der Waals surface area contributed by atoms with Crippen molar-refractivity contribution in [1.82, 2.24) is 9.82 Å². The van der Waals surface area contributed by atoms with E-state index in [4.69, 9.17) is 11.8 Å². The molecule has 0 aliphatic carbocycles. The van der Waals surface area contributed by atoms with Crippen molar-refractivity contribution in [3.05, 3.63) is 33.2 Å². The van der Waals surface area contributed by atoms with Crippen LogP contribution in [0.4, 0.5) is 13.2 Å². The first kappa shape index (κ1) is 12.1. The number of pyridine rings is 1. The van der Waals surface area contributed by atoms with Crippen molar-refractivity contribution in [2.24, 2.45) is 0 Å². The Balaban J connectivity index is 3.40. The first-order chi connectivity index (χ1) is 6.86. The van der Waals surface area contributed by atoms with E-state index >= 15 is 0 Å². The van der Waals surface area contributed by atoms with Crippen LogP contribution in [-0.4, -0.2) is 4.98 Å². The Bertz CT molecular complexity index is 413. The Labute approximate surface area is 88.4 Å². The van der Waals surface area contributed by atoms with Crippen molar-refractivity contribution < 1.29 is 13.2 Å². The zero-order valence-electron chi connectivity index (χ0n) is 7.70. The molecule has 1 rings (SSSR count). The lowest BCUT2D eigenvalue weighted by molar-refractivity contribution is -0.138. The monoisotopic (exact) mass is 240 g/mol. The maximum absolute atomic E-state index is 12.5. The van der Waals surface area contributed by atoms with Crippen molar-refractivity contribution in [2.45, 2.75) is 19.6 Å². The van der Waals surface area contributed by atoms with Gasteiger partial charge in [0.1, 0.15) is 0 Å². The molecule has 0 aromatic carbocycles. The molecular weight excluding hydrogens is 233 g/mol. The minimum atomic E-state index is -4.55. The van der Waals surface area contributed by atoms with Gasteiger partial charge in [0.25, 0.3) is 5.56 Å². The minimum absolute atomic E-state index is 0.158. The molecule has 1 heterocycles. The Morgan fingerprint density at radius 1 is 1.53 bits per heavy atom. The topological polar surface area (TPSA) is 44.9 Å². The largest absolute Gasteiger partial charge is 0.416 e. The predicted molar refractivity (Wildman–Crippen MR) is 49.5 cm³/mol. The lowest BCUT2D eigenvalue weighted by atomic mass is 10.1. The summed E-state index contributed by atoms with van der Waals surface area (Å²) in [4.78, 5) is 15.5. The van der Waals surface area contributed by atoms with Gasteiger partial charge in [0, 0.05) is 17.8 Å². The van der Waals surface area contributed by atoms with Gasteiger partial charge < -0.3 is 4.98 Å². The van der Waals surface area contributed by atoms with E-state index in [1.165, 1.54) is 6.92 Å². The summed E-state index contributed by atoms with van der Waals surface area (Å²) in [5, 5.41) is 0. The van der Waals surface area contributed by atoms with Gasteiger partial charge >= 0.3 is 6.18 Å². The van der Waals surface area contributed by atoms with Gasteiger partial charge in [0.05, 0.1) is 5.56 Å². The van der Waals surface area contributed by atoms with Crippen molar-refractivity contribution in [3.63, 3.8) is 0 Å². The molecule has 0 fully saturated rings. The molecule has 0 saturated carbocycles. The zero-order chi connectivity index (χ0) is 11.6.